The van der Waals surface area contributed by atoms with Gasteiger partial charge in [-0.2, -0.15) is 0 Å². The Morgan fingerprint density at radius 2 is 1.89 bits per heavy atom. The van der Waals surface area contributed by atoms with E-state index in [0.29, 0.717) is 17.9 Å². The van der Waals surface area contributed by atoms with Crippen LogP contribution in [0, 0.1) is 24.7 Å². The van der Waals surface area contributed by atoms with Crippen LogP contribution in [0.5, 0.6) is 0 Å². The van der Waals surface area contributed by atoms with Gasteiger partial charge in [0.2, 0.25) is 5.91 Å². The first-order chi connectivity index (χ1) is 13.0. The molecule has 27 heavy (non-hydrogen) atoms. The van der Waals surface area contributed by atoms with E-state index in [4.69, 9.17) is 10.7 Å². The summed E-state index contributed by atoms with van der Waals surface area (Å²) in [6.45, 7) is 4.10. The first-order valence-corrected chi connectivity index (χ1v) is 10.9. The Morgan fingerprint density at radius 1 is 1.22 bits per heavy atom. The molecule has 3 unspecified atom stereocenters. The first-order valence-electron chi connectivity index (χ1n) is 10.1. The molecule has 2 saturated carbocycles. The number of carbonyl (C=O) groups excluding carboxylic acids is 1. The number of aryl methyl sites for hydroxylation is 1. The topological polar surface area (TPSA) is 68.0 Å². The standard InChI is InChI=1S/C22H29N3OS/c1-13(20-14(2)25-22(27-20)15-7-4-3-5-8-15)24-21(26)18-11-16-9-6-10-17(12-18)19(16)23/h3-5,7-8,13,16-19H,6,9-12,23H2,1-2H3,(H,24,26). The smallest absolute Gasteiger partial charge is 0.223 e. The van der Waals surface area contributed by atoms with Crippen molar-refractivity contribution >= 4 is 17.2 Å². The molecule has 4 nitrogen and oxygen atoms in total. The number of fused-ring (bicyclic) bond motifs is 2. The second-order valence-corrected chi connectivity index (χ2v) is 9.29. The van der Waals surface area contributed by atoms with E-state index in [-0.39, 0.29) is 17.9 Å². The molecule has 2 fully saturated rings. The van der Waals surface area contributed by atoms with Crippen molar-refractivity contribution in [2.24, 2.45) is 23.5 Å². The SMILES string of the molecule is Cc1nc(-c2ccccc2)sc1C(C)NC(=O)C1CC2CCCC(C1)C2N. The van der Waals surface area contributed by atoms with E-state index in [1.165, 1.54) is 19.3 Å². The molecule has 2 aliphatic carbocycles. The first kappa shape index (κ1) is 18.6. The largest absolute Gasteiger partial charge is 0.348 e. The fourth-order valence-electron chi connectivity index (χ4n) is 4.91. The summed E-state index contributed by atoms with van der Waals surface area (Å²) in [5.41, 5.74) is 8.52. The van der Waals surface area contributed by atoms with Gasteiger partial charge in [-0.25, -0.2) is 4.98 Å². The number of carbonyl (C=O) groups is 1. The summed E-state index contributed by atoms with van der Waals surface area (Å²) in [7, 11) is 0. The molecule has 1 aromatic heterocycles. The molecule has 144 valence electrons. The number of aromatic nitrogens is 1. The highest BCUT2D eigenvalue weighted by Crippen LogP contribution is 2.42. The summed E-state index contributed by atoms with van der Waals surface area (Å²) in [5, 5.41) is 4.28. The Morgan fingerprint density at radius 3 is 2.56 bits per heavy atom. The van der Waals surface area contributed by atoms with Crippen molar-refractivity contribution in [3.8, 4) is 10.6 Å². The quantitative estimate of drug-likeness (QED) is 0.819. The zero-order chi connectivity index (χ0) is 19.0. The van der Waals surface area contributed by atoms with Gasteiger partial charge < -0.3 is 11.1 Å². The summed E-state index contributed by atoms with van der Waals surface area (Å²) in [6.07, 6.45) is 5.55. The molecule has 0 radical (unpaired) electrons. The van der Waals surface area contributed by atoms with E-state index < -0.39 is 0 Å². The minimum Gasteiger partial charge on any atom is -0.348 e. The van der Waals surface area contributed by atoms with Gasteiger partial charge in [-0.1, -0.05) is 36.8 Å². The molecule has 0 spiro atoms. The Bertz CT molecular complexity index is 789. The summed E-state index contributed by atoms with van der Waals surface area (Å²) in [4.78, 5) is 18.8. The highest BCUT2D eigenvalue weighted by atomic mass is 32.1. The molecule has 2 bridgehead atoms. The van der Waals surface area contributed by atoms with Crippen LogP contribution in [0.25, 0.3) is 10.6 Å². The lowest BCUT2D eigenvalue weighted by Crippen LogP contribution is -2.49. The zero-order valence-electron chi connectivity index (χ0n) is 16.2. The Balaban J connectivity index is 1.44. The predicted octanol–water partition coefficient (Wildman–Crippen LogP) is 4.45. The minimum atomic E-state index is -0.0112. The van der Waals surface area contributed by atoms with Crippen molar-refractivity contribution < 1.29 is 4.79 Å². The second-order valence-electron chi connectivity index (χ2n) is 8.26. The molecule has 4 rings (SSSR count). The van der Waals surface area contributed by atoms with Crippen molar-refractivity contribution in [3.05, 3.63) is 40.9 Å². The summed E-state index contributed by atoms with van der Waals surface area (Å²) in [6, 6.07) is 10.5. The van der Waals surface area contributed by atoms with Gasteiger partial charge in [0, 0.05) is 17.5 Å². The minimum absolute atomic E-state index is 0.0112. The molecule has 2 aliphatic rings. The van der Waals surface area contributed by atoms with E-state index in [0.717, 1.165) is 34.0 Å². The third-order valence-corrected chi connectivity index (χ3v) is 7.78. The highest BCUT2D eigenvalue weighted by molar-refractivity contribution is 7.15. The van der Waals surface area contributed by atoms with Crippen molar-refractivity contribution in [1.82, 2.24) is 10.3 Å². The number of benzene rings is 1. The molecular weight excluding hydrogens is 354 g/mol. The van der Waals surface area contributed by atoms with Gasteiger partial charge >= 0.3 is 0 Å². The maximum Gasteiger partial charge on any atom is 0.223 e. The maximum absolute atomic E-state index is 12.9. The van der Waals surface area contributed by atoms with Crippen LogP contribution in [0.2, 0.25) is 0 Å². The fourth-order valence-corrected chi connectivity index (χ4v) is 5.99. The number of nitrogens with one attached hydrogen (secondary N) is 1. The van der Waals surface area contributed by atoms with Crippen LogP contribution in [0.3, 0.4) is 0 Å². The Kier molecular flexibility index (Phi) is 5.33. The lowest BCUT2D eigenvalue weighted by Gasteiger charge is -2.43. The van der Waals surface area contributed by atoms with Gasteiger partial charge in [-0.15, -0.1) is 11.3 Å². The van der Waals surface area contributed by atoms with Crippen LogP contribution in [0.4, 0.5) is 0 Å². The van der Waals surface area contributed by atoms with E-state index in [1.54, 1.807) is 11.3 Å². The van der Waals surface area contributed by atoms with Crippen molar-refractivity contribution in [1.29, 1.82) is 0 Å². The van der Waals surface area contributed by atoms with E-state index in [1.807, 2.05) is 25.1 Å². The third-order valence-electron chi connectivity index (χ3n) is 6.39. The average molecular weight is 384 g/mol. The molecule has 0 saturated heterocycles. The summed E-state index contributed by atoms with van der Waals surface area (Å²) >= 11 is 1.68. The molecular formula is C22H29N3OS. The molecule has 1 amide bonds. The molecule has 5 heteroatoms. The number of nitrogens with two attached hydrogens (primary N) is 1. The molecule has 3 atom stereocenters. The number of rotatable bonds is 4. The Labute approximate surface area is 165 Å². The van der Waals surface area contributed by atoms with Gasteiger partial charge in [-0.05, 0) is 51.4 Å². The molecule has 1 aromatic carbocycles. The van der Waals surface area contributed by atoms with Gasteiger partial charge in [0.05, 0.1) is 16.6 Å². The van der Waals surface area contributed by atoms with E-state index >= 15 is 0 Å². The lowest BCUT2D eigenvalue weighted by molar-refractivity contribution is -0.128. The van der Waals surface area contributed by atoms with Crippen LogP contribution in [-0.4, -0.2) is 16.9 Å². The summed E-state index contributed by atoms with van der Waals surface area (Å²) in [5.74, 6) is 1.36. The van der Waals surface area contributed by atoms with Crippen LogP contribution in [0.1, 0.15) is 55.6 Å². The average Bonchev–Trinajstić information content (AvgIpc) is 3.04. The maximum atomic E-state index is 12.9. The normalized spacial score (nSPS) is 28.6. The predicted molar refractivity (Wildman–Crippen MR) is 110 cm³/mol. The van der Waals surface area contributed by atoms with Gasteiger partial charge in [-0.3, -0.25) is 4.79 Å². The van der Waals surface area contributed by atoms with Gasteiger partial charge in [0.15, 0.2) is 0 Å². The highest BCUT2D eigenvalue weighted by Gasteiger charge is 2.40. The van der Waals surface area contributed by atoms with Crippen LogP contribution >= 0.6 is 11.3 Å². The van der Waals surface area contributed by atoms with Crippen LogP contribution < -0.4 is 11.1 Å². The number of thiazole rings is 1. The number of hydrogen-bond acceptors (Lipinski definition) is 4. The lowest BCUT2D eigenvalue weighted by atomic mass is 9.65. The zero-order valence-corrected chi connectivity index (χ0v) is 17.0. The number of amides is 1. The molecule has 3 N–H and O–H groups in total. The monoisotopic (exact) mass is 383 g/mol. The Hall–Kier alpha value is -1.72. The molecule has 0 aliphatic heterocycles. The third kappa shape index (κ3) is 3.81. The molecule has 1 heterocycles. The van der Waals surface area contributed by atoms with E-state index in [9.17, 15) is 4.79 Å². The summed E-state index contributed by atoms with van der Waals surface area (Å²) < 4.78 is 0. The fraction of sp³-hybridized carbons (Fsp3) is 0.545. The number of nitrogens with zero attached hydrogens (tertiary/aromatic N) is 1. The van der Waals surface area contributed by atoms with Crippen molar-refractivity contribution in [2.75, 3.05) is 0 Å². The van der Waals surface area contributed by atoms with Crippen LogP contribution in [0.15, 0.2) is 30.3 Å². The van der Waals surface area contributed by atoms with Gasteiger partial charge in [0.25, 0.3) is 0 Å². The number of hydrogen-bond donors (Lipinski definition) is 2. The van der Waals surface area contributed by atoms with Crippen molar-refractivity contribution in [3.63, 3.8) is 0 Å². The van der Waals surface area contributed by atoms with Crippen LogP contribution in [-0.2, 0) is 4.79 Å². The second kappa shape index (κ2) is 7.72. The van der Waals surface area contributed by atoms with E-state index in [2.05, 4.69) is 24.4 Å². The van der Waals surface area contributed by atoms with Gasteiger partial charge in [0.1, 0.15) is 5.01 Å². The van der Waals surface area contributed by atoms with Crippen molar-refractivity contribution in [2.45, 2.75) is 58.0 Å². The molecule has 2 aromatic rings.